The van der Waals surface area contributed by atoms with Crippen LogP contribution in [0.15, 0.2) is 83.0 Å². The molecule has 0 saturated heterocycles. The smallest absolute Gasteiger partial charge is 0.175 e. The van der Waals surface area contributed by atoms with Gasteiger partial charge in [-0.15, -0.1) is 0 Å². The van der Waals surface area contributed by atoms with Crippen molar-refractivity contribution in [2.24, 2.45) is 10.2 Å². The van der Waals surface area contributed by atoms with Crippen LogP contribution in [0.5, 0.6) is 11.5 Å². The molecule has 0 bridgehead atoms. The molecule has 2 N–H and O–H groups in total. The third-order valence-corrected chi connectivity index (χ3v) is 4.02. The topological polar surface area (TPSA) is 67.2 Å². The fourth-order valence-electron chi connectivity index (χ4n) is 2.41. The molecule has 0 fully saturated rings. The Kier molecular flexibility index (Phi) is 6.54. The Hall–Kier alpha value is -3.45. The molecule has 3 rings (SSSR count). The van der Waals surface area contributed by atoms with Gasteiger partial charge >= 0.3 is 0 Å². The van der Waals surface area contributed by atoms with E-state index in [1.54, 1.807) is 20.3 Å². The second-order valence-corrected chi connectivity index (χ2v) is 6.14. The number of azo groups is 1. The van der Waals surface area contributed by atoms with Crippen molar-refractivity contribution >= 4 is 40.1 Å². The van der Waals surface area contributed by atoms with Gasteiger partial charge in [0, 0.05) is 11.8 Å². The van der Waals surface area contributed by atoms with Gasteiger partial charge < -0.3 is 20.1 Å². The largest absolute Gasteiger partial charge is 0.497 e. The van der Waals surface area contributed by atoms with E-state index < -0.39 is 0 Å². The van der Waals surface area contributed by atoms with E-state index in [0.717, 1.165) is 22.7 Å². The lowest BCUT2D eigenvalue weighted by molar-refractivity contribution is 0.395. The van der Waals surface area contributed by atoms with E-state index >= 15 is 0 Å². The number of hydrogen-bond donors (Lipinski definition) is 2. The molecule has 0 unspecified atom stereocenters. The number of nitrogens with zero attached hydrogens (tertiary/aromatic N) is 2. The predicted octanol–water partition coefficient (Wildman–Crippen LogP) is 5.93. The zero-order valence-corrected chi connectivity index (χ0v) is 16.4. The van der Waals surface area contributed by atoms with Crippen molar-refractivity contribution in [1.82, 2.24) is 0 Å². The zero-order valence-electron chi connectivity index (χ0n) is 15.5. The summed E-state index contributed by atoms with van der Waals surface area (Å²) in [7, 11) is 3.20. The Bertz CT molecular complexity index is 960. The number of ether oxygens (including phenoxy) is 2. The Morgan fingerprint density at radius 2 is 1.46 bits per heavy atom. The summed E-state index contributed by atoms with van der Waals surface area (Å²) in [6.45, 7) is 0. The number of thiocarbonyl (C=S) groups is 1. The van der Waals surface area contributed by atoms with Gasteiger partial charge in [0.05, 0.1) is 31.3 Å². The fourth-order valence-corrected chi connectivity index (χ4v) is 2.64. The Balaban J connectivity index is 1.61. The summed E-state index contributed by atoms with van der Waals surface area (Å²) in [4.78, 5) is 0. The van der Waals surface area contributed by atoms with Crippen molar-refractivity contribution < 1.29 is 9.47 Å². The average molecular weight is 392 g/mol. The first-order valence-electron chi connectivity index (χ1n) is 8.55. The summed E-state index contributed by atoms with van der Waals surface area (Å²) in [5.74, 6) is 1.35. The van der Waals surface area contributed by atoms with E-state index in [9.17, 15) is 0 Å². The predicted molar refractivity (Wildman–Crippen MR) is 116 cm³/mol. The van der Waals surface area contributed by atoms with Crippen molar-refractivity contribution in [3.8, 4) is 11.5 Å². The van der Waals surface area contributed by atoms with Crippen LogP contribution in [0.25, 0.3) is 0 Å². The van der Waals surface area contributed by atoms with Crippen molar-refractivity contribution in [2.45, 2.75) is 0 Å². The minimum atomic E-state index is 0.446. The molecule has 7 heteroatoms. The molecule has 0 aliphatic carbocycles. The number of anilines is 2. The van der Waals surface area contributed by atoms with Crippen molar-refractivity contribution in [2.75, 3.05) is 24.9 Å². The van der Waals surface area contributed by atoms with E-state index in [-0.39, 0.29) is 0 Å². The highest BCUT2D eigenvalue weighted by Gasteiger charge is 2.07. The van der Waals surface area contributed by atoms with Gasteiger partial charge in [-0.05, 0) is 60.7 Å². The maximum atomic E-state index is 5.38. The lowest BCUT2D eigenvalue weighted by atomic mass is 10.2. The van der Waals surface area contributed by atoms with E-state index in [1.807, 2.05) is 66.7 Å². The normalized spacial score (nSPS) is 10.5. The second kappa shape index (κ2) is 9.48. The summed E-state index contributed by atoms with van der Waals surface area (Å²) >= 11 is 5.38. The highest BCUT2D eigenvalue weighted by atomic mass is 32.1. The maximum Gasteiger partial charge on any atom is 0.175 e. The van der Waals surface area contributed by atoms with Crippen LogP contribution in [-0.4, -0.2) is 19.3 Å². The van der Waals surface area contributed by atoms with Gasteiger partial charge in [0.2, 0.25) is 0 Å². The van der Waals surface area contributed by atoms with Crippen molar-refractivity contribution in [3.05, 3.63) is 72.8 Å². The van der Waals surface area contributed by atoms with E-state index in [1.165, 1.54) is 0 Å². The maximum absolute atomic E-state index is 5.38. The summed E-state index contributed by atoms with van der Waals surface area (Å²) in [6, 6.07) is 22.6. The third-order valence-electron chi connectivity index (χ3n) is 3.82. The molecular formula is C21H20N4O2S. The third kappa shape index (κ3) is 5.28. The standard InChI is InChI=1S/C21H20N4O2S/c1-26-18-12-13-19(20(14-18)27-2)23-21(28)22-15-8-10-17(11-9-15)25-24-16-6-4-3-5-7-16/h3-14H,1-2H3,(H2,22,23,28). The van der Waals surface area contributed by atoms with Gasteiger partial charge in [-0.25, -0.2) is 0 Å². The van der Waals surface area contributed by atoms with Crippen LogP contribution < -0.4 is 20.1 Å². The molecule has 6 nitrogen and oxygen atoms in total. The summed E-state index contributed by atoms with van der Waals surface area (Å²) < 4.78 is 10.6. The lowest BCUT2D eigenvalue weighted by Gasteiger charge is -2.14. The van der Waals surface area contributed by atoms with Gasteiger partial charge in [-0.2, -0.15) is 10.2 Å². The molecule has 0 spiro atoms. The highest BCUT2D eigenvalue weighted by Crippen LogP contribution is 2.29. The van der Waals surface area contributed by atoms with Crippen molar-refractivity contribution in [3.63, 3.8) is 0 Å². The molecule has 0 heterocycles. The molecule has 28 heavy (non-hydrogen) atoms. The van der Waals surface area contributed by atoms with E-state index in [2.05, 4.69) is 20.9 Å². The molecule has 3 aromatic rings. The Labute approximate surface area is 169 Å². The summed E-state index contributed by atoms with van der Waals surface area (Å²) in [6.07, 6.45) is 0. The Morgan fingerprint density at radius 3 is 2.11 bits per heavy atom. The number of benzene rings is 3. The van der Waals surface area contributed by atoms with Gasteiger partial charge in [0.1, 0.15) is 11.5 Å². The quantitative estimate of drug-likeness (QED) is 0.402. The number of nitrogens with one attached hydrogen (secondary N) is 2. The van der Waals surface area contributed by atoms with Crippen LogP contribution in [0.1, 0.15) is 0 Å². The molecule has 0 radical (unpaired) electrons. The summed E-state index contributed by atoms with van der Waals surface area (Å²) in [5, 5.41) is 15.1. The molecule has 0 atom stereocenters. The lowest BCUT2D eigenvalue weighted by Crippen LogP contribution is -2.19. The van der Waals surface area contributed by atoms with Crippen LogP contribution in [0.4, 0.5) is 22.7 Å². The first-order valence-corrected chi connectivity index (χ1v) is 8.95. The second-order valence-electron chi connectivity index (χ2n) is 5.73. The Morgan fingerprint density at radius 1 is 0.786 bits per heavy atom. The number of methoxy groups -OCH3 is 2. The van der Waals surface area contributed by atoms with Gasteiger partial charge in [-0.1, -0.05) is 18.2 Å². The monoisotopic (exact) mass is 392 g/mol. The molecule has 0 aliphatic heterocycles. The highest BCUT2D eigenvalue weighted by molar-refractivity contribution is 7.80. The first kappa shape index (κ1) is 19.3. The molecular weight excluding hydrogens is 372 g/mol. The van der Waals surface area contributed by atoms with Gasteiger partial charge in [0.25, 0.3) is 0 Å². The van der Waals surface area contributed by atoms with Crippen molar-refractivity contribution in [1.29, 1.82) is 0 Å². The SMILES string of the molecule is COc1ccc(NC(=S)Nc2ccc(N=Nc3ccccc3)cc2)c(OC)c1. The average Bonchev–Trinajstić information content (AvgIpc) is 2.74. The number of hydrogen-bond acceptors (Lipinski definition) is 5. The number of rotatable bonds is 6. The van der Waals surface area contributed by atoms with Crippen LogP contribution in [0.2, 0.25) is 0 Å². The van der Waals surface area contributed by atoms with E-state index in [0.29, 0.717) is 16.6 Å². The van der Waals surface area contributed by atoms with Crippen LogP contribution >= 0.6 is 12.2 Å². The zero-order chi connectivity index (χ0) is 19.8. The van der Waals surface area contributed by atoms with Gasteiger partial charge in [-0.3, -0.25) is 0 Å². The molecule has 0 aromatic heterocycles. The molecule has 3 aromatic carbocycles. The fraction of sp³-hybridized carbons (Fsp3) is 0.0952. The van der Waals surface area contributed by atoms with Gasteiger partial charge in [0.15, 0.2) is 5.11 Å². The summed E-state index contributed by atoms with van der Waals surface area (Å²) in [5.41, 5.74) is 3.14. The van der Waals surface area contributed by atoms with E-state index in [4.69, 9.17) is 21.7 Å². The minimum absolute atomic E-state index is 0.446. The van der Waals surface area contributed by atoms with Crippen LogP contribution in [-0.2, 0) is 0 Å². The molecule has 0 saturated carbocycles. The van der Waals surface area contributed by atoms with Crippen LogP contribution in [0, 0.1) is 0 Å². The molecule has 0 aliphatic rings. The van der Waals surface area contributed by atoms with Crippen LogP contribution in [0.3, 0.4) is 0 Å². The molecule has 142 valence electrons. The molecule has 0 amide bonds. The first-order chi connectivity index (χ1) is 13.7. The minimum Gasteiger partial charge on any atom is -0.497 e.